The molecule has 2 aromatic carbocycles. The molecule has 7 heteroatoms. The average Bonchev–Trinajstić information content (AvgIpc) is 2.36. The van der Waals surface area contributed by atoms with Gasteiger partial charge in [-0.2, -0.15) is 26.3 Å². The lowest BCUT2D eigenvalue weighted by Gasteiger charge is -2.10. The predicted octanol–water partition coefficient (Wildman–Crippen LogP) is 5.53. The number of rotatable bonds is 1. The van der Waals surface area contributed by atoms with Gasteiger partial charge in [-0.1, -0.05) is 18.2 Å². The molecular formula is C14H7F7. The maximum Gasteiger partial charge on any atom is 0.416 e. The summed E-state index contributed by atoms with van der Waals surface area (Å²) >= 11 is 0. The van der Waals surface area contributed by atoms with Gasteiger partial charge >= 0.3 is 12.4 Å². The van der Waals surface area contributed by atoms with Gasteiger partial charge in [0.05, 0.1) is 11.1 Å². The first-order valence-corrected chi connectivity index (χ1v) is 5.63. The summed E-state index contributed by atoms with van der Waals surface area (Å²) in [5.41, 5.74) is -2.21. The second-order valence-corrected chi connectivity index (χ2v) is 4.27. The Labute approximate surface area is 114 Å². The molecule has 0 atom stereocenters. The highest BCUT2D eigenvalue weighted by atomic mass is 19.4. The molecule has 21 heavy (non-hydrogen) atoms. The second-order valence-electron chi connectivity index (χ2n) is 4.27. The van der Waals surface area contributed by atoms with E-state index in [9.17, 15) is 30.7 Å². The van der Waals surface area contributed by atoms with Gasteiger partial charge in [-0.05, 0) is 29.8 Å². The minimum Gasteiger partial charge on any atom is -0.206 e. The number of alkyl halides is 6. The number of hydrogen-bond acceptors (Lipinski definition) is 0. The van der Waals surface area contributed by atoms with Crippen LogP contribution in [0.15, 0.2) is 42.5 Å². The molecule has 0 N–H and O–H groups in total. The standard InChI is InChI=1S/C14H7F7/c15-12-7-10(14(19,20)21)5-6-11(12)8-1-3-9(4-2-8)13(16,17)18/h1-7H. The zero-order valence-electron chi connectivity index (χ0n) is 10.2. The molecule has 112 valence electrons. The first-order chi connectivity index (χ1) is 9.59. The number of halogens is 7. The van der Waals surface area contributed by atoms with E-state index in [2.05, 4.69) is 0 Å². The minimum absolute atomic E-state index is 0.0641. The Morgan fingerprint density at radius 1 is 0.619 bits per heavy atom. The van der Waals surface area contributed by atoms with E-state index in [1.165, 1.54) is 0 Å². The Kier molecular flexibility index (Phi) is 3.69. The first-order valence-electron chi connectivity index (χ1n) is 5.63. The molecule has 0 unspecified atom stereocenters. The summed E-state index contributed by atoms with van der Waals surface area (Å²) < 4.78 is 88.0. The maximum atomic E-state index is 13.7. The zero-order chi connectivity index (χ0) is 15.8. The molecular weight excluding hydrogens is 301 g/mol. The van der Waals surface area contributed by atoms with Crippen LogP contribution in [-0.4, -0.2) is 0 Å². The molecule has 0 saturated carbocycles. The summed E-state index contributed by atoms with van der Waals surface area (Å²) in [6.45, 7) is 0. The molecule has 0 aliphatic rings. The van der Waals surface area contributed by atoms with E-state index in [1.54, 1.807) is 0 Å². The monoisotopic (exact) mass is 308 g/mol. The maximum absolute atomic E-state index is 13.7. The van der Waals surface area contributed by atoms with Crippen molar-refractivity contribution in [3.63, 3.8) is 0 Å². The zero-order valence-corrected chi connectivity index (χ0v) is 10.2. The molecule has 0 heterocycles. The van der Waals surface area contributed by atoms with Gasteiger partial charge in [-0.3, -0.25) is 0 Å². The molecule has 0 spiro atoms. The smallest absolute Gasteiger partial charge is 0.206 e. The van der Waals surface area contributed by atoms with Crippen molar-refractivity contribution in [1.82, 2.24) is 0 Å². The van der Waals surface area contributed by atoms with Gasteiger partial charge in [0.25, 0.3) is 0 Å². The normalized spacial score (nSPS) is 12.5. The van der Waals surface area contributed by atoms with Crippen molar-refractivity contribution in [3.8, 4) is 11.1 Å². The van der Waals surface area contributed by atoms with Crippen LogP contribution in [-0.2, 0) is 12.4 Å². The third-order valence-electron chi connectivity index (χ3n) is 2.82. The molecule has 0 amide bonds. The fraction of sp³-hybridized carbons (Fsp3) is 0.143. The quantitative estimate of drug-likeness (QED) is 0.608. The molecule has 0 radical (unpaired) electrons. The van der Waals surface area contributed by atoms with E-state index in [1.807, 2.05) is 0 Å². The molecule has 2 rings (SSSR count). The van der Waals surface area contributed by atoms with Crippen LogP contribution >= 0.6 is 0 Å². The average molecular weight is 308 g/mol. The lowest BCUT2D eigenvalue weighted by molar-refractivity contribution is -0.138. The van der Waals surface area contributed by atoms with E-state index >= 15 is 0 Å². The van der Waals surface area contributed by atoms with Crippen LogP contribution in [0.3, 0.4) is 0 Å². The van der Waals surface area contributed by atoms with Crippen LogP contribution in [0.1, 0.15) is 11.1 Å². The van der Waals surface area contributed by atoms with Crippen LogP contribution in [0, 0.1) is 5.82 Å². The van der Waals surface area contributed by atoms with Crippen LogP contribution in [0.25, 0.3) is 11.1 Å². The van der Waals surface area contributed by atoms with Gasteiger partial charge in [0, 0.05) is 5.56 Å². The van der Waals surface area contributed by atoms with Crippen molar-refractivity contribution in [2.24, 2.45) is 0 Å². The van der Waals surface area contributed by atoms with Crippen LogP contribution in [0.4, 0.5) is 30.7 Å². The molecule has 0 nitrogen and oxygen atoms in total. The van der Waals surface area contributed by atoms with Gasteiger partial charge in [-0.15, -0.1) is 0 Å². The number of benzene rings is 2. The van der Waals surface area contributed by atoms with E-state index in [4.69, 9.17) is 0 Å². The van der Waals surface area contributed by atoms with Crippen molar-refractivity contribution in [1.29, 1.82) is 0 Å². The summed E-state index contributed by atoms with van der Waals surface area (Å²) in [5, 5.41) is 0. The van der Waals surface area contributed by atoms with E-state index in [-0.39, 0.29) is 11.1 Å². The van der Waals surface area contributed by atoms with E-state index in [0.29, 0.717) is 12.1 Å². The van der Waals surface area contributed by atoms with E-state index in [0.717, 1.165) is 30.3 Å². The summed E-state index contributed by atoms with van der Waals surface area (Å²) in [6, 6.07) is 5.38. The van der Waals surface area contributed by atoms with E-state index < -0.39 is 29.3 Å². The van der Waals surface area contributed by atoms with Crippen molar-refractivity contribution < 1.29 is 30.7 Å². The Hall–Kier alpha value is -2.05. The van der Waals surface area contributed by atoms with Gasteiger partial charge in [0.1, 0.15) is 5.82 Å². The number of hydrogen-bond donors (Lipinski definition) is 0. The first kappa shape index (κ1) is 15.3. The van der Waals surface area contributed by atoms with Gasteiger partial charge in [0.15, 0.2) is 0 Å². The Balaban J connectivity index is 2.39. The molecule has 0 aromatic heterocycles. The summed E-state index contributed by atoms with van der Waals surface area (Å²) in [6.07, 6.45) is -9.21. The summed E-state index contributed by atoms with van der Waals surface area (Å²) in [5.74, 6) is -1.15. The highest BCUT2D eigenvalue weighted by Crippen LogP contribution is 2.34. The largest absolute Gasteiger partial charge is 0.416 e. The third kappa shape index (κ3) is 3.34. The van der Waals surface area contributed by atoms with Crippen molar-refractivity contribution in [2.75, 3.05) is 0 Å². The van der Waals surface area contributed by atoms with Gasteiger partial charge in [-0.25, -0.2) is 4.39 Å². The predicted molar refractivity (Wildman–Crippen MR) is 61.8 cm³/mol. The lowest BCUT2D eigenvalue weighted by Crippen LogP contribution is -2.06. The van der Waals surface area contributed by atoms with Crippen LogP contribution in [0.5, 0.6) is 0 Å². The molecule has 0 saturated heterocycles. The summed E-state index contributed by atoms with van der Waals surface area (Å²) in [4.78, 5) is 0. The third-order valence-corrected chi connectivity index (χ3v) is 2.82. The molecule has 0 bridgehead atoms. The SMILES string of the molecule is Fc1cc(C(F)(F)F)ccc1-c1ccc(C(F)(F)F)cc1. The minimum atomic E-state index is -4.68. The fourth-order valence-electron chi connectivity index (χ4n) is 1.76. The van der Waals surface area contributed by atoms with Crippen LogP contribution < -0.4 is 0 Å². The molecule has 0 fully saturated rings. The van der Waals surface area contributed by atoms with Crippen molar-refractivity contribution >= 4 is 0 Å². The molecule has 0 aliphatic heterocycles. The van der Waals surface area contributed by atoms with Gasteiger partial charge < -0.3 is 0 Å². The van der Waals surface area contributed by atoms with Crippen LogP contribution in [0.2, 0.25) is 0 Å². The highest BCUT2D eigenvalue weighted by molar-refractivity contribution is 5.65. The fourth-order valence-corrected chi connectivity index (χ4v) is 1.76. The lowest BCUT2D eigenvalue weighted by atomic mass is 10.0. The Morgan fingerprint density at radius 3 is 1.52 bits per heavy atom. The topological polar surface area (TPSA) is 0 Å². The van der Waals surface area contributed by atoms with Gasteiger partial charge in [0.2, 0.25) is 0 Å². The molecule has 2 aromatic rings. The van der Waals surface area contributed by atoms with Crippen molar-refractivity contribution in [3.05, 3.63) is 59.4 Å². The molecule has 0 aliphatic carbocycles. The Bertz CT molecular complexity index is 636. The summed E-state index contributed by atoms with van der Waals surface area (Å²) in [7, 11) is 0. The van der Waals surface area contributed by atoms with Crippen molar-refractivity contribution in [2.45, 2.75) is 12.4 Å². The Morgan fingerprint density at radius 2 is 1.10 bits per heavy atom. The highest BCUT2D eigenvalue weighted by Gasteiger charge is 2.32. The second kappa shape index (κ2) is 5.05.